The smallest absolute Gasteiger partial charge is 0.274 e. The van der Waals surface area contributed by atoms with Gasteiger partial charge < -0.3 is 10.1 Å². The molecule has 0 saturated heterocycles. The molecular formula is C24H18N4O2. The fourth-order valence-corrected chi connectivity index (χ4v) is 3.02. The van der Waals surface area contributed by atoms with Crippen LogP contribution in [0.2, 0.25) is 0 Å². The van der Waals surface area contributed by atoms with E-state index < -0.39 is 0 Å². The second-order valence-electron chi connectivity index (χ2n) is 6.64. The molecular weight excluding hydrogens is 376 g/mol. The first-order valence-electron chi connectivity index (χ1n) is 9.34. The van der Waals surface area contributed by atoms with E-state index in [4.69, 9.17) is 10.00 Å². The number of anilines is 1. The molecule has 4 aromatic rings. The third kappa shape index (κ3) is 4.21. The molecule has 1 N–H and O–H groups in total. The number of nitrogens with zero attached hydrogens (tertiary/aromatic N) is 3. The third-order valence-corrected chi connectivity index (χ3v) is 4.35. The highest BCUT2D eigenvalue weighted by Crippen LogP contribution is 2.24. The largest absolute Gasteiger partial charge is 0.457 e. The first-order valence-corrected chi connectivity index (χ1v) is 9.34. The Bertz CT molecular complexity index is 1240. The number of nitrogens with one attached hydrogen (secondary N) is 1. The number of hydrogen-bond acceptors (Lipinski definition) is 4. The molecule has 4 rings (SSSR count). The molecule has 1 heterocycles. The Hall–Kier alpha value is -4.37. The second kappa shape index (κ2) is 8.33. The molecule has 0 saturated carbocycles. The summed E-state index contributed by atoms with van der Waals surface area (Å²) in [6, 6.07) is 27.4. The van der Waals surface area contributed by atoms with Crippen LogP contribution in [0, 0.1) is 18.3 Å². The van der Waals surface area contributed by atoms with E-state index in [1.54, 1.807) is 42.5 Å². The van der Waals surface area contributed by atoms with Crippen molar-refractivity contribution >= 4 is 11.6 Å². The molecule has 0 radical (unpaired) electrons. The Kier molecular flexibility index (Phi) is 5.27. The SMILES string of the molecule is Cc1cc(C(=O)Nc2cccc(Oc3ccccc3)c2)n(-c2cccc(C#N)c2)n1. The van der Waals surface area contributed by atoms with Crippen molar-refractivity contribution in [1.29, 1.82) is 5.26 Å². The van der Waals surface area contributed by atoms with Gasteiger partial charge in [-0.05, 0) is 55.5 Å². The number of aryl methyl sites for hydroxylation is 1. The lowest BCUT2D eigenvalue weighted by Crippen LogP contribution is -2.17. The summed E-state index contributed by atoms with van der Waals surface area (Å²) in [7, 11) is 0. The first-order chi connectivity index (χ1) is 14.6. The van der Waals surface area contributed by atoms with Crippen molar-refractivity contribution in [2.45, 2.75) is 6.92 Å². The number of benzene rings is 3. The Morgan fingerprint density at radius 1 is 0.967 bits per heavy atom. The zero-order valence-electron chi connectivity index (χ0n) is 16.2. The van der Waals surface area contributed by atoms with E-state index in [1.165, 1.54) is 4.68 Å². The monoisotopic (exact) mass is 394 g/mol. The van der Waals surface area contributed by atoms with E-state index in [0.717, 1.165) is 0 Å². The van der Waals surface area contributed by atoms with Crippen molar-refractivity contribution in [2.75, 3.05) is 5.32 Å². The van der Waals surface area contributed by atoms with Crippen LogP contribution in [0.5, 0.6) is 11.5 Å². The van der Waals surface area contributed by atoms with Gasteiger partial charge in [0, 0.05) is 11.8 Å². The van der Waals surface area contributed by atoms with Crippen molar-refractivity contribution in [3.05, 3.63) is 102 Å². The van der Waals surface area contributed by atoms with Gasteiger partial charge in [-0.2, -0.15) is 10.4 Å². The van der Waals surface area contributed by atoms with Gasteiger partial charge in [0.1, 0.15) is 17.2 Å². The van der Waals surface area contributed by atoms with Crippen molar-refractivity contribution in [1.82, 2.24) is 9.78 Å². The summed E-state index contributed by atoms with van der Waals surface area (Å²) in [5, 5.41) is 16.5. The topological polar surface area (TPSA) is 79.9 Å². The highest BCUT2D eigenvalue weighted by Gasteiger charge is 2.16. The zero-order chi connectivity index (χ0) is 20.9. The number of ether oxygens (including phenoxy) is 1. The molecule has 0 aliphatic rings. The zero-order valence-corrected chi connectivity index (χ0v) is 16.2. The number of rotatable bonds is 5. The van der Waals surface area contributed by atoms with Gasteiger partial charge in [0.25, 0.3) is 5.91 Å². The quantitative estimate of drug-likeness (QED) is 0.511. The van der Waals surface area contributed by atoms with E-state index in [2.05, 4.69) is 16.5 Å². The lowest BCUT2D eigenvalue weighted by Gasteiger charge is -2.10. The molecule has 0 atom stereocenters. The van der Waals surface area contributed by atoms with Crippen LogP contribution >= 0.6 is 0 Å². The molecule has 3 aromatic carbocycles. The minimum absolute atomic E-state index is 0.310. The Morgan fingerprint density at radius 3 is 2.53 bits per heavy atom. The van der Waals surface area contributed by atoms with Crippen molar-refractivity contribution < 1.29 is 9.53 Å². The molecule has 6 heteroatoms. The first kappa shape index (κ1) is 19.0. The highest BCUT2D eigenvalue weighted by atomic mass is 16.5. The average Bonchev–Trinajstić information content (AvgIpc) is 3.17. The number of aromatic nitrogens is 2. The summed E-state index contributed by atoms with van der Waals surface area (Å²) in [5.41, 5.74) is 2.82. The molecule has 0 fully saturated rings. The van der Waals surface area contributed by atoms with Crippen molar-refractivity contribution in [3.63, 3.8) is 0 Å². The number of amides is 1. The second-order valence-corrected chi connectivity index (χ2v) is 6.64. The maximum absolute atomic E-state index is 13.0. The summed E-state index contributed by atoms with van der Waals surface area (Å²) in [5.74, 6) is 1.02. The van der Waals surface area contributed by atoms with E-state index in [1.807, 2.05) is 49.4 Å². The molecule has 0 spiro atoms. The van der Waals surface area contributed by atoms with Crippen LogP contribution in [0.1, 0.15) is 21.7 Å². The van der Waals surface area contributed by atoms with Crippen LogP contribution in [0.4, 0.5) is 5.69 Å². The molecule has 30 heavy (non-hydrogen) atoms. The van der Waals surface area contributed by atoms with Crippen molar-refractivity contribution in [2.24, 2.45) is 0 Å². The molecule has 146 valence electrons. The summed E-state index contributed by atoms with van der Waals surface area (Å²) < 4.78 is 7.37. The number of nitriles is 1. The number of para-hydroxylation sites is 1. The lowest BCUT2D eigenvalue weighted by molar-refractivity contribution is 0.101. The predicted octanol–water partition coefficient (Wildman–Crippen LogP) is 5.10. The maximum Gasteiger partial charge on any atom is 0.274 e. The third-order valence-electron chi connectivity index (χ3n) is 4.35. The summed E-state index contributed by atoms with van der Waals surface area (Å²) in [4.78, 5) is 13.0. The summed E-state index contributed by atoms with van der Waals surface area (Å²) >= 11 is 0. The van der Waals surface area contributed by atoms with Crippen LogP contribution in [-0.2, 0) is 0 Å². The number of hydrogen-bond donors (Lipinski definition) is 1. The molecule has 6 nitrogen and oxygen atoms in total. The van der Waals surface area contributed by atoms with Gasteiger partial charge in [0.05, 0.1) is 23.0 Å². The molecule has 0 bridgehead atoms. The standard InChI is InChI=1S/C24H18N4O2/c1-17-13-23(28(27-17)20-9-5-7-18(14-20)16-25)24(29)26-19-8-6-12-22(15-19)30-21-10-3-2-4-11-21/h2-15H,1H3,(H,26,29). The van der Waals surface area contributed by atoms with Crippen LogP contribution in [0.15, 0.2) is 84.9 Å². The van der Waals surface area contributed by atoms with Gasteiger partial charge >= 0.3 is 0 Å². The van der Waals surface area contributed by atoms with Gasteiger partial charge in [-0.15, -0.1) is 0 Å². The summed E-state index contributed by atoms with van der Waals surface area (Å²) in [6.45, 7) is 1.82. The van der Waals surface area contributed by atoms with E-state index in [0.29, 0.717) is 39.8 Å². The number of carbonyl (C=O) groups excluding carboxylic acids is 1. The van der Waals surface area contributed by atoms with Gasteiger partial charge in [0.2, 0.25) is 0 Å². The van der Waals surface area contributed by atoms with Crippen LogP contribution < -0.4 is 10.1 Å². The van der Waals surface area contributed by atoms with E-state index in [-0.39, 0.29) is 5.91 Å². The van der Waals surface area contributed by atoms with Crippen molar-refractivity contribution in [3.8, 4) is 23.3 Å². The minimum Gasteiger partial charge on any atom is -0.457 e. The Labute approximate surface area is 174 Å². The van der Waals surface area contributed by atoms with Crippen LogP contribution in [0.3, 0.4) is 0 Å². The predicted molar refractivity (Wildman–Crippen MR) is 114 cm³/mol. The summed E-state index contributed by atoms with van der Waals surface area (Å²) in [6.07, 6.45) is 0. The number of carbonyl (C=O) groups is 1. The molecule has 0 aliphatic heterocycles. The average molecular weight is 394 g/mol. The molecule has 0 unspecified atom stereocenters. The van der Waals surface area contributed by atoms with Gasteiger partial charge in [-0.3, -0.25) is 4.79 Å². The highest BCUT2D eigenvalue weighted by molar-refractivity contribution is 6.03. The van der Waals surface area contributed by atoms with Gasteiger partial charge in [0.15, 0.2) is 0 Å². The van der Waals surface area contributed by atoms with Gasteiger partial charge in [-0.1, -0.05) is 30.3 Å². The fraction of sp³-hybridized carbons (Fsp3) is 0.0417. The Balaban J connectivity index is 1.58. The normalized spacial score (nSPS) is 10.3. The van der Waals surface area contributed by atoms with Gasteiger partial charge in [-0.25, -0.2) is 4.68 Å². The fourth-order valence-electron chi connectivity index (χ4n) is 3.02. The van der Waals surface area contributed by atoms with E-state index in [9.17, 15) is 4.79 Å². The minimum atomic E-state index is -0.310. The Morgan fingerprint density at radius 2 is 1.73 bits per heavy atom. The lowest BCUT2D eigenvalue weighted by atomic mass is 10.2. The van der Waals surface area contributed by atoms with Crippen LogP contribution in [-0.4, -0.2) is 15.7 Å². The van der Waals surface area contributed by atoms with E-state index >= 15 is 0 Å². The molecule has 0 aliphatic carbocycles. The molecule has 1 amide bonds. The van der Waals surface area contributed by atoms with Crippen LogP contribution in [0.25, 0.3) is 5.69 Å². The molecule has 1 aromatic heterocycles. The maximum atomic E-state index is 13.0.